The largest absolute Gasteiger partial charge is 0.348 e. The summed E-state index contributed by atoms with van der Waals surface area (Å²) in [5.74, 6) is 2.77. The van der Waals surface area contributed by atoms with Crippen molar-refractivity contribution in [2.24, 2.45) is 5.92 Å². The highest BCUT2D eigenvalue weighted by Crippen LogP contribution is 2.42. The fourth-order valence-corrected chi connectivity index (χ4v) is 7.43. The van der Waals surface area contributed by atoms with Gasteiger partial charge in [0.1, 0.15) is 11.6 Å². The minimum Gasteiger partial charge on any atom is -0.348 e. The van der Waals surface area contributed by atoms with Gasteiger partial charge in [0.2, 0.25) is 5.91 Å². The Labute approximate surface area is 206 Å². The molecule has 2 aromatic heterocycles. The first-order chi connectivity index (χ1) is 16.4. The van der Waals surface area contributed by atoms with Crippen LogP contribution in [0.1, 0.15) is 106 Å². The van der Waals surface area contributed by atoms with Crippen molar-refractivity contribution in [3.05, 3.63) is 33.8 Å². The van der Waals surface area contributed by atoms with Gasteiger partial charge < -0.3 is 9.88 Å². The summed E-state index contributed by atoms with van der Waals surface area (Å²) in [5, 5.41) is 12.0. The fourth-order valence-electron chi connectivity index (χ4n) is 6.61. The molecular weight excluding hydrogens is 449 g/mol. The van der Waals surface area contributed by atoms with E-state index in [2.05, 4.69) is 45.8 Å². The molecule has 0 aromatic carbocycles. The van der Waals surface area contributed by atoms with Crippen LogP contribution in [0.25, 0.3) is 0 Å². The normalized spacial score (nSPS) is 26.4. The van der Waals surface area contributed by atoms with Crippen LogP contribution in [0.4, 0.5) is 4.39 Å². The Hall–Kier alpha value is -1.80. The summed E-state index contributed by atoms with van der Waals surface area (Å²) in [7, 11) is 0. The third-order valence-corrected chi connectivity index (χ3v) is 9.28. The Kier molecular flexibility index (Phi) is 7.07. The van der Waals surface area contributed by atoms with E-state index in [0.29, 0.717) is 24.0 Å². The molecule has 2 bridgehead atoms. The standard InChI is InChI=1S/C26H38FN5OS/c1-16(2)25-30-29-17(3)32(25)21-14-19-8-9-20(15-21)31(19)13-12-22(23-10-11-24(27)34-23)28-26(33)18-6-4-5-7-18/h10-11,16,18-22H,4-9,12-15H2,1-3H3,(H,28,33)/t19-,20+,21-,22-/m0/s1. The van der Waals surface area contributed by atoms with Crippen molar-refractivity contribution < 1.29 is 9.18 Å². The molecule has 1 saturated carbocycles. The minimum absolute atomic E-state index is 0.104. The number of fused-ring (bicyclic) bond motifs is 2. The Balaban J connectivity index is 1.26. The predicted octanol–water partition coefficient (Wildman–Crippen LogP) is 5.52. The number of halogens is 1. The van der Waals surface area contributed by atoms with Crippen molar-refractivity contribution in [2.75, 3.05) is 6.54 Å². The molecule has 2 saturated heterocycles. The third kappa shape index (κ3) is 4.81. The summed E-state index contributed by atoms with van der Waals surface area (Å²) in [5.41, 5.74) is 0. The summed E-state index contributed by atoms with van der Waals surface area (Å²) < 4.78 is 16.2. The van der Waals surface area contributed by atoms with E-state index < -0.39 is 0 Å². The van der Waals surface area contributed by atoms with Gasteiger partial charge in [-0.25, -0.2) is 0 Å². The summed E-state index contributed by atoms with van der Waals surface area (Å²) >= 11 is 1.17. The van der Waals surface area contributed by atoms with Gasteiger partial charge in [-0.2, -0.15) is 4.39 Å². The number of carbonyl (C=O) groups excluding carboxylic acids is 1. The van der Waals surface area contributed by atoms with Crippen LogP contribution in [0.15, 0.2) is 12.1 Å². The molecule has 1 N–H and O–H groups in total. The van der Waals surface area contributed by atoms with Crippen molar-refractivity contribution in [2.45, 2.75) is 109 Å². The number of carbonyl (C=O) groups is 1. The number of nitrogens with zero attached hydrogens (tertiary/aromatic N) is 4. The van der Waals surface area contributed by atoms with Gasteiger partial charge in [-0.15, -0.1) is 21.5 Å². The van der Waals surface area contributed by atoms with Crippen LogP contribution in [0.2, 0.25) is 0 Å². The van der Waals surface area contributed by atoms with E-state index in [4.69, 9.17) is 0 Å². The van der Waals surface area contributed by atoms with E-state index >= 15 is 0 Å². The molecule has 3 fully saturated rings. The molecule has 0 radical (unpaired) electrons. The maximum Gasteiger partial charge on any atom is 0.223 e. The van der Waals surface area contributed by atoms with E-state index in [9.17, 15) is 9.18 Å². The van der Waals surface area contributed by atoms with Crippen LogP contribution in [0.5, 0.6) is 0 Å². The maximum absolute atomic E-state index is 13.8. The SMILES string of the molecule is Cc1nnc(C(C)C)n1[C@@H]1C[C@H]2CC[C@@H](C1)N2CC[C@H](NC(=O)C1CCCC1)c1ccc(F)s1. The molecule has 34 heavy (non-hydrogen) atoms. The van der Waals surface area contributed by atoms with Crippen LogP contribution >= 0.6 is 11.3 Å². The number of nitrogens with one attached hydrogen (secondary N) is 1. The van der Waals surface area contributed by atoms with Crippen molar-refractivity contribution in [1.82, 2.24) is 25.0 Å². The topological polar surface area (TPSA) is 63.1 Å². The highest BCUT2D eigenvalue weighted by molar-refractivity contribution is 7.10. The predicted molar refractivity (Wildman–Crippen MR) is 132 cm³/mol. The van der Waals surface area contributed by atoms with Crippen LogP contribution in [0.3, 0.4) is 0 Å². The lowest BCUT2D eigenvalue weighted by Gasteiger charge is -2.40. The Bertz CT molecular complexity index is 983. The van der Waals surface area contributed by atoms with Gasteiger partial charge in [-0.1, -0.05) is 26.7 Å². The summed E-state index contributed by atoms with van der Waals surface area (Å²) in [6, 6.07) is 4.84. The van der Waals surface area contributed by atoms with Gasteiger partial charge in [0, 0.05) is 41.4 Å². The molecule has 0 unspecified atom stereocenters. The number of hydrogen-bond acceptors (Lipinski definition) is 5. The molecular formula is C26H38FN5OS. The average molecular weight is 488 g/mol. The van der Waals surface area contributed by atoms with E-state index in [1.165, 1.54) is 30.2 Å². The number of hydrogen-bond donors (Lipinski definition) is 1. The first-order valence-electron chi connectivity index (χ1n) is 13.1. The molecule has 186 valence electrons. The van der Waals surface area contributed by atoms with Crippen molar-refractivity contribution in [3.63, 3.8) is 0 Å². The number of piperidine rings is 1. The maximum atomic E-state index is 13.8. The molecule has 1 aliphatic carbocycles. The summed E-state index contributed by atoms with van der Waals surface area (Å²) in [4.78, 5) is 16.5. The number of amides is 1. The van der Waals surface area contributed by atoms with E-state index in [0.717, 1.165) is 68.0 Å². The number of thiophene rings is 1. The second-order valence-corrected chi connectivity index (χ2v) is 11.9. The molecule has 4 atom stereocenters. The monoisotopic (exact) mass is 487 g/mol. The number of aryl methyl sites for hydroxylation is 1. The first-order valence-corrected chi connectivity index (χ1v) is 13.9. The van der Waals surface area contributed by atoms with Gasteiger partial charge >= 0.3 is 0 Å². The van der Waals surface area contributed by atoms with E-state index in [1.807, 2.05) is 6.07 Å². The fraction of sp³-hybridized carbons (Fsp3) is 0.731. The summed E-state index contributed by atoms with van der Waals surface area (Å²) in [6.07, 6.45) is 9.78. The first kappa shape index (κ1) is 23.9. The zero-order chi connectivity index (χ0) is 23.8. The third-order valence-electron chi connectivity index (χ3n) is 8.29. The molecule has 4 heterocycles. The molecule has 0 spiro atoms. The van der Waals surface area contributed by atoms with Crippen LogP contribution in [-0.2, 0) is 4.79 Å². The molecule has 1 amide bonds. The second kappa shape index (κ2) is 10.1. The Morgan fingerprint density at radius 2 is 1.82 bits per heavy atom. The van der Waals surface area contributed by atoms with Crippen molar-refractivity contribution >= 4 is 17.2 Å². The zero-order valence-electron chi connectivity index (χ0n) is 20.7. The van der Waals surface area contributed by atoms with Gasteiger partial charge in [0.05, 0.1) is 6.04 Å². The molecule has 2 aromatic rings. The van der Waals surface area contributed by atoms with Crippen molar-refractivity contribution in [1.29, 1.82) is 0 Å². The lowest BCUT2D eigenvalue weighted by Crippen LogP contribution is -2.45. The molecule has 5 rings (SSSR count). The van der Waals surface area contributed by atoms with Crippen LogP contribution < -0.4 is 5.32 Å². The number of aromatic nitrogens is 3. The van der Waals surface area contributed by atoms with Crippen LogP contribution in [0, 0.1) is 18.0 Å². The Morgan fingerprint density at radius 1 is 1.12 bits per heavy atom. The van der Waals surface area contributed by atoms with Gasteiger partial charge in [0.25, 0.3) is 0 Å². The van der Waals surface area contributed by atoms with Crippen molar-refractivity contribution in [3.8, 4) is 0 Å². The highest BCUT2D eigenvalue weighted by Gasteiger charge is 2.42. The van der Waals surface area contributed by atoms with Crippen LogP contribution in [-0.4, -0.2) is 44.2 Å². The Morgan fingerprint density at radius 3 is 2.44 bits per heavy atom. The summed E-state index contributed by atoms with van der Waals surface area (Å²) in [6.45, 7) is 7.40. The van der Waals surface area contributed by atoms with E-state index in [1.54, 1.807) is 0 Å². The lowest BCUT2D eigenvalue weighted by atomic mass is 9.95. The lowest BCUT2D eigenvalue weighted by molar-refractivity contribution is -0.125. The van der Waals surface area contributed by atoms with Gasteiger partial charge in [-0.05, 0) is 64.0 Å². The van der Waals surface area contributed by atoms with Gasteiger partial charge in [0.15, 0.2) is 5.13 Å². The quantitative estimate of drug-likeness (QED) is 0.533. The highest BCUT2D eigenvalue weighted by atomic mass is 32.1. The molecule has 6 nitrogen and oxygen atoms in total. The molecule has 8 heteroatoms. The molecule has 3 aliphatic rings. The van der Waals surface area contributed by atoms with E-state index in [-0.39, 0.29) is 23.0 Å². The zero-order valence-corrected chi connectivity index (χ0v) is 21.5. The molecule has 2 aliphatic heterocycles. The second-order valence-electron chi connectivity index (χ2n) is 10.9. The van der Waals surface area contributed by atoms with Gasteiger partial charge in [-0.3, -0.25) is 9.69 Å². The number of rotatable bonds is 8. The minimum atomic E-state index is -0.179. The average Bonchev–Trinajstić information content (AvgIpc) is 3.59. The smallest absolute Gasteiger partial charge is 0.223 e.